The number of hydrogen-bond acceptors (Lipinski definition) is 2. The van der Waals surface area contributed by atoms with Crippen molar-refractivity contribution < 1.29 is 4.42 Å². The summed E-state index contributed by atoms with van der Waals surface area (Å²) in [6.07, 6.45) is 4.54. The van der Waals surface area contributed by atoms with Gasteiger partial charge < -0.3 is 9.73 Å². The van der Waals surface area contributed by atoms with E-state index in [1.54, 1.807) is 6.26 Å². The van der Waals surface area contributed by atoms with Gasteiger partial charge in [-0.15, -0.1) is 0 Å². The van der Waals surface area contributed by atoms with Crippen LogP contribution in [-0.2, 0) is 6.42 Å². The number of likely N-dealkylation sites (N-methyl/N-ethyl adjacent to an activating group) is 1. The second-order valence-electron chi connectivity index (χ2n) is 4.15. The summed E-state index contributed by atoms with van der Waals surface area (Å²) >= 11 is 3.52. The first kappa shape index (κ1) is 12.4. The molecular formula is C14H16BrNO. The quantitative estimate of drug-likeness (QED) is 0.911. The van der Waals surface area contributed by atoms with Crippen LogP contribution in [0.4, 0.5) is 0 Å². The third kappa shape index (κ3) is 3.45. The molecule has 0 amide bonds. The molecule has 90 valence electrons. The van der Waals surface area contributed by atoms with Gasteiger partial charge in [-0.05, 0) is 42.8 Å². The zero-order valence-electron chi connectivity index (χ0n) is 9.82. The van der Waals surface area contributed by atoms with Crippen molar-refractivity contribution in [3.8, 4) is 0 Å². The molecule has 0 saturated heterocycles. The maximum atomic E-state index is 5.12. The molecule has 1 aromatic carbocycles. The van der Waals surface area contributed by atoms with Crippen molar-refractivity contribution in [2.24, 2.45) is 0 Å². The number of benzene rings is 1. The van der Waals surface area contributed by atoms with Crippen LogP contribution in [0.2, 0.25) is 0 Å². The first-order valence-electron chi connectivity index (χ1n) is 5.70. The monoisotopic (exact) mass is 293 g/mol. The van der Waals surface area contributed by atoms with Crippen LogP contribution in [0.3, 0.4) is 0 Å². The van der Waals surface area contributed by atoms with Crippen molar-refractivity contribution in [1.29, 1.82) is 0 Å². The SMILES string of the molecule is CNCC(Cc1ccoc1)c1cccc(Br)c1. The number of rotatable bonds is 5. The molecular weight excluding hydrogens is 278 g/mol. The fourth-order valence-corrected chi connectivity index (χ4v) is 2.43. The van der Waals surface area contributed by atoms with Crippen molar-refractivity contribution in [2.75, 3.05) is 13.6 Å². The van der Waals surface area contributed by atoms with Crippen molar-refractivity contribution in [3.05, 3.63) is 58.5 Å². The molecule has 0 bridgehead atoms. The van der Waals surface area contributed by atoms with E-state index < -0.39 is 0 Å². The summed E-state index contributed by atoms with van der Waals surface area (Å²) < 4.78 is 6.25. The van der Waals surface area contributed by atoms with Crippen LogP contribution in [-0.4, -0.2) is 13.6 Å². The molecule has 3 heteroatoms. The number of halogens is 1. The van der Waals surface area contributed by atoms with Gasteiger partial charge in [0.1, 0.15) is 0 Å². The second-order valence-corrected chi connectivity index (χ2v) is 5.06. The van der Waals surface area contributed by atoms with E-state index in [0.29, 0.717) is 5.92 Å². The zero-order valence-corrected chi connectivity index (χ0v) is 11.4. The highest BCUT2D eigenvalue weighted by molar-refractivity contribution is 9.10. The van der Waals surface area contributed by atoms with Crippen LogP contribution in [0.5, 0.6) is 0 Å². The average molecular weight is 294 g/mol. The maximum Gasteiger partial charge on any atom is 0.0934 e. The molecule has 0 saturated carbocycles. The molecule has 1 atom stereocenters. The Morgan fingerprint density at radius 1 is 1.35 bits per heavy atom. The number of nitrogens with one attached hydrogen (secondary N) is 1. The van der Waals surface area contributed by atoms with Crippen LogP contribution in [0, 0.1) is 0 Å². The number of furan rings is 1. The van der Waals surface area contributed by atoms with Crippen molar-refractivity contribution >= 4 is 15.9 Å². The van der Waals surface area contributed by atoms with E-state index >= 15 is 0 Å². The highest BCUT2D eigenvalue weighted by atomic mass is 79.9. The minimum absolute atomic E-state index is 0.468. The topological polar surface area (TPSA) is 25.2 Å². The summed E-state index contributed by atoms with van der Waals surface area (Å²) in [5, 5.41) is 3.25. The lowest BCUT2D eigenvalue weighted by Crippen LogP contribution is -2.19. The van der Waals surface area contributed by atoms with E-state index in [-0.39, 0.29) is 0 Å². The molecule has 0 aliphatic heterocycles. The lowest BCUT2D eigenvalue weighted by Gasteiger charge is -2.16. The minimum atomic E-state index is 0.468. The Morgan fingerprint density at radius 3 is 2.88 bits per heavy atom. The lowest BCUT2D eigenvalue weighted by molar-refractivity contribution is 0.558. The second kappa shape index (κ2) is 6.03. The third-order valence-electron chi connectivity index (χ3n) is 2.83. The molecule has 0 radical (unpaired) electrons. The van der Waals surface area contributed by atoms with Crippen molar-refractivity contribution in [3.63, 3.8) is 0 Å². The van der Waals surface area contributed by atoms with E-state index in [1.165, 1.54) is 11.1 Å². The molecule has 2 nitrogen and oxygen atoms in total. The molecule has 2 aromatic rings. The largest absolute Gasteiger partial charge is 0.472 e. The maximum absolute atomic E-state index is 5.12. The Kier molecular flexibility index (Phi) is 4.40. The molecule has 2 rings (SSSR count). The standard InChI is InChI=1S/C14H16BrNO/c1-16-9-13(7-11-5-6-17-10-11)12-3-2-4-14(15)8-12/h2-6,8,10,13,16H,7,9H2,1H3. The van der Waals surface area contributed by atoms with Gasteiger partial charge in [-0.3, -0.25) is 0 Å². The van der Waals surface area contributed by atoms with Crippen LogP contribution >= 0.6 is 15.9 Å². The first-order chi connectivity index (χ1) is 8.29. The third-order valence-corrected chi connectivity index (χ3v) is 3.33. The van der Waals surface area contributed by atoms with Gasteiger partial charge in [0.25, 0.3) is 0 Å². The Bertz CT molecular complexity index is 453. The Labute approximate surface area is 110 Å². The van der Waals surface area contributed by atoms with Gasteiger partial charge in [0.15, 0.2) is 0 Å². The van der Waals surface area contributed by atoms with Gasteiger partial charge in [0, 0.05) is 16.9 Å². The summed E-state index contributed by atoms with van der Waals surface area (Å²) in [5.41, 5.74) is 2.58. The molecule has 1 unspecified atom stereocenters. The summed E-state index contributed by atoms with van der Waals surface area (Å²) in [6.45, 7) is 0.960. The predicted molar refractivity (Wildman–Crippen MR) is 73.2 cm³/mol. The van der Waals surface area contributed by atoms with Gasteiger partial charge in [0.2, 0.25) is 0 Å². The van der Waals surface area contributed by atoms with Crippen LogP contribution in [0.25, 0.3) is 0 Å². The molecule has 0 aliphatic rings. The van der Waals surface area contributed by atoms with Gasteiger partial charge >= 0.3 is 0 Å². The molecule has 17 heavy (non-hydrogen) atoms. The van der Waals surface area contributed by atoms with Gasteiger partial charge in [-0.25, -0.2) is 0 Å². The Morgan fingerprint density at radius 2 is 2.24 bits per heavy atom. The molecule has 0 spiro atoms. The molecule has 1 heterocycles. The van der Waals surface area contributed by atoms with E-state index in [9.17, 15) is 0 Å². The van der Waals surface area contributed by atoms with Gasteiger partial charge in [-0.2, -0.15) is 0 Å². The predicted octanol–water partition coefficient (Wildman–Crippen LogP) is 3.59. The molecule has 1 N–H and O–H groups in total. The van der Waals surface area contributed by atoms with E-state index in [1.807, 2.05) is 19.4 Å². The summed E-state index contributed by atoms with van der Waals surface area (Å²) in [4.78, 5) is 0. The summed E-state index contributed by atoms with van der Waals surface area (Å²) in [6, 6.07) is 10.5. The summed E-state index contributed by atoms with van der Waals surface area (Å²) in [5.74, 6) is 0.468. The Hall–Kier alpha value is -1.06. The normalized spacial score (nSPS) is 12.6. The van der Waals surface area contributed by atoms with Gasteiger partial charge in [0.05, 0.1) is 12.5 Å². The fraction of sp³-hybridized carbons (Fsp3) is 0.286. The summed E-state index contributed by atoms with van der Waals surface area (Å²) in [7, 11) is 1.99. The van der Waals surface area contributed by atoms with Crippen molar-refractivity contribution in [2.45, 2.75) is 12.3 Å². The van der Waals surface area contributed by atoms with Crippen molar-refractivity contribution in [1.82, 2.24) is 5.32 Å². The highest BCUT2D eigenvalue weighted by Gasteiger charge is 2.12. The van der Waals surface area contributed by atoms with Crippen LogP contribution < -0.4 is 5.32 Å². The van der Waals surface area contributed by atoms with E-state index in [0.717, 1.165) is 17.4 Å². The highest BCUT2D eigenvalue weighted by Crippen LogP contribution is 2.23. The fourth-order valence-electron chi connectivity index (χ4n) is 2.01. The van der Waals surface area contributed by atoms with Crippen LogP contribution in [0.1, 0.15) is 17.0 Å². The zero-order chi connectivity index (χ0) is 12.1. The number of hydrogen-bond donors (Lipinski definition) is 1. The van der Waals surface area contributed by atoms with Gasteiger partial charge in [-0.1, -0.05) is 28.1 Å². The minimum Gasteiger partial charge on any atom is -0.472 e. The average Bonchev–Trinajstić information content (AvgIpc) is 2.81. The molecule has 0 fully saturated rings. The Balaban J connectivity index is 2.16. The van der Waals surface area contributed by atoms with E-state index in [4.69, 9.17) is 4.42 Å². The lowest BCUT2D eigenvalue weighted by atomic mass is 9.93. The first-order valence-corrected chi connectivity index (χ1v) is 6.50. The smallest absolute Gasteiger partial charge is 0.0934 e. The van der Waals surface area contributed by atoms with Crippen LogP contribution in [0.15, 0.2) is 51.7 Å². The molecule has 0 aliphatic carbocycles. The van der Waals surface area contributed by atoms with E-state index in [2.05, 4.69) is 45.5 Å². The molecule has 1 aromatic heterocycles.